The van der Waals surface area contributed by atoms with Gasteiger partial charge >= 0.3 is 0 Å². The molecule has 0 spiro atoms. The average Bonchev–Trinajstić information content (AvgIpc) is 3.51. The fourth-order valence-electron chi connectivity index (χ4n) is 5.94. The van der Waals surface area contributed by atoms with E-state index in [0.717, 1.165) is 27.5 Å². The van der Waals surface area contributed by atoms with Gasteiger partial charge in [-0.3, -0.25) is 0 Å². The summed E-state index contributed by atoms with van der Waals surface area (Å²) in [5, 5.41) is 4.75. The SMILES string of the molecule is Ic1cc(-c2ccccc2)c(-n2c3ccccc3c3cc4c(cc32)oc2ccccc24)c(-c2ccccc2)c1. The van der Waals surface area contributed by atoms with E-state index in [4.69, 9.17) is 4.42 Å². The standard InChI is InChI=1S/C36H22INO/c37-25-19-28(23-11-3-1-4-12-23)36(29(20-25)24-13-5-2-6-14-24)38-32-17-9-7-15-26(32)30-21-31-27-16-8-10-18-34(27)39-35(31)22-33(30)38/h1-22H. The van der Waals surface area contributed by atoms with E-state index in [0.29, 0.717) is 0 Å². The zero-order chi connectivity index (χ0) is 25.9. The molecule has 3 heteroatoms. The number of fused-ring (bicyclic) bond motifs is 6. The van der Waals surface area contributed by atoms with Gasteiger partial charge in [0.05, 0.1) is 16.7 Å². The number of halogens is 1. The van der Waals surface area contributed by atoms with Crippen molar-refractivity contribution in [2.24, 2.45) is 0 Å². The van der Waals surface area contributed by atoms with Crippen LogP contribution in [-0.2, 0) is 0 Å². The summed E-state index contributed by atoms with van der Waals surface area (Å²) in [6, 6.07) is 47.6. The van der Waals surface area contributed by atoms with Crippen LogP contribution in [-0.4, -0.2) is 4.57 Å². The minimum atomic E-state index is 0.904. The van der Waals surface area contributed by atoms with Gasteiger partial charge in [-0.15, -0.1) is 0 Å². The molecule has 8 aromatic rings. The van der Waals surface area contributed by atoms with Crippen molar-refractivity contribution in [2.75, 3.05) is 0 Å². The number of benzene rings is 6. The van der Waals surface area contributed by atoms with Gasteiger partial charge in [0.25, 0.3) is 0 Å². The van der Waals surface area contributed by atoms with Crippen molar-refractivity contribution in [3.8, 4) is 27.9 Å². The van der Waals surface area contributed by atoms with E-state index >= 15 is 0 Å². The summed E-state index contributed by atoms with van der Waals surface area (Å²) in [6.45, 7) is 0. The fraction of sp³-hybridized carbons (Fsp3) is 0. The predicted octanol–water partition coefficient (Wildman–Crippen LogP) is 10.6. The van der Waals surface area contributed by atoms with Crippen molar-refractivity contribution in [1.82, 2.24) is 4.57 Å². The summed E-state index contributed by atoms with van der Waals surface area (Å²) in [4.78, 5) is 0. The van der Waals surface area contributed by atoms with Gasteiger partial charge < -0.3 is 8.98 Å². The van der Waals surface area contributed by atoms with Crippen LogP contribution in [0, 0.1) is 3.57 Å². The second kappa shape index (κ2) is 8.85. The largest absolute Gasteiger partial charge is 0.456 e. The molecule has 0 aliphatic carbocycles. The summed E-state index contributed by atoms with van der Waals surface area (Å²) >= 11 is 2.45. The predicted molar refractivity (Wildman–Crippen MR) is 172 cm³/mol. The van der Waals surface area contributed by atoms with Crippen molar-refractivity contribution in [2.45, 2.75) is 0 Å². The molecule has 8 rings (SSSR count). The van der Waals surface area contributed by atoms with Crippen LogP contribution in [0.2, 0.25) is 0 Å². The molecule has 0 saturated heterocycles. The molecule has 0 atom stereocenters. The van der Waals surface area contributed by atoms with Crippen LogP contribution in [0.25, 0.3) is 71.7 Å². The van der Waals surface area contributed by atoms with Gasteiger partial charge in [-0.1, -0.05) is 97.1 Å². The van der Waals surface area contributed by atoms with Gasteiger partial charge in [0.15, 0.2) is 0 Å². The molecule has 0 N–H and O–H groups in total. The molecule has 2 aromatic heterocycles. The number of rotatable bonds is 3. The van der Waals surface area contributed by atoms with Crippen molar-refractivity contribution in [3.05, 3.63) is 137 Å². The fourth-order valence-corrected chi connectivity index (χ4v) is 6.57. The molecule has 0 unspecified atom stereocenters. The van der Waals surface area contributed by atoms with Gasteiger partial charge in [-0.05, 0) is 64.0 Å². The molecule has 2 nitrogen and oxygen atoms in total. The zero-order valence-electron chi connectivity index (χ0n) is 20.9. The highest BCUT2D eigenvalue weighted by atomic mass is 127. The molecule has 184 valence electrons. The Bertz CT molecular complexity index is 2110. The molecule has 39 heavy (non-hydrogen) atoms. The summed E-state index contributed by atoms with van der Waals surface area (Å²) in [5.74, 6) is 0. The summed E-state index contributed by atoms with van der Waals surface area (Å²) < 4.78 is 10.0. The Balaban J connectivity index is 1.58. The maximum atomic E-state index is 6.38. The van der Waals surface area contributed by atoms with Crippen molar-refractivity contribution >= 4 is 66.3 Å². The Morgan fingerprint density at radius 2 is 1.05 bits per heavy atom. The Morgan fingerprint density at radius 3 is 1.74 bits per heavy atom. The van der Waals surface area contributed by atoms with Gasteiger partial charge in [0.2, 0.25) is 0 Å². The maximum absolute atomic E-state index is 6.38. The summed E-state index contributed by atoms with van der Waals surface area (Å²) in [6.07, 6.45) is 0. The Labute approximate surface area is 239 Å². The molecule has 0 radical (unpaired) electrons. The molecular weight excluding hydrogens is 589 g/mol. The average molecular weight is 611 g/mol. The number of hydrogen-bond acceptors (Lipinski definition) is 1. The molecule has 0 saturated carbocycles. The number of nitrogens with zero attached hydrogens (tertiary/aromatic N) is 1. The Morgan fingerprint density at radius 1 is 0.462 bits per heavy atom. The van der Waals surface area contributed by atoms with Crippen LogP contribution in [0.3, 0.4) is 0 Å². The number of hydrogen-bond donors (Lipinski definition) is 0. The van der Waals surface area contributed by atoms with E-state index in [9.17, 15) is 0 Å². The highest BCUT2D eigenvalue weighted by molar-refractivity contribution is 14.1. The van der Waals surface area contributed by atoms with Crippen LogP contribution in [0.15, 0.2) is 138 Å². The van der Waals surface area contributed by atoms with Crippen molar-refractivity contribution in [1.29, 1.82) is 0 Å². The lowest BCUT2D eigenvalue weighted by molar-refractivity contribution is 0.669. The van der Waals surface area contributed by atoms with E-state index < -0.39 is 0 Å². The third-order valence-electron chi connectivity index (χ3n) is 7.64. The lowest BCUT2D eigenvalue weighted by Gasteiger charge is -2.20. The Hall–Kier alpha value is -4.35. The second-order valence-corrected chi connectivity index (χ2v) is 11.1. The number of furan rings is 1. The molecule has 6 aromatic carbocycles. The highest BCUT2D eigenvalue weighted by Gasteiger charge is 2.22. The second-order valence-electron chi connectivity index (χ2n) is 9.90. The number of aromatic nitrogens is 1. The van der Waals surface area contributed by atoms with E-state index in [1.54, 1.807) is 0 Å². The van der Waals surface area contributed by atoms with Crippen LogP contribution in [0.4, 0.5) is 0 Å². The normalized spacial score (nSPS) is 11.7. The molecule has 2 heterocycles. The molecule has 0 aliphatic heterocycles. The molecule has 0 bridgehead atoms. The van der Waals surface area contributed by atoms with Gasteiger partial charge in [0.1, 0.15) is 11.2 Å². The molecule has 0 aliphatic rings. The van der Waals surface area contributed by atoms with Gasteiger partial charge in [-0.25, -0.2) is 0 Å². The smallest absolute Gasteiger partial charge is 0.137 e. The van der Waals surface area contributed by atoms with Crippen LogP contribution in [0.5, 0.6) is 0 Å². The van der Waals surface area contributed by atoms with Crippen LogP contribution >= 0.6 is 22.6 Å². The van der Waals surface area contributed by atoms with Crippen LogP contribution in [0.1, 0.15) is 0 Å². The van der Waals surface area contributed by atoms with Crippen LogP contribution < -0.4 is 0 Å². The van der Waals surface area contributed by atoms with Gasteiger partial charge in [0, 0.05) is 42.3 Å². The zero-order valence-corrected chi connectivity index (χ0v) is 23.1. The first-order valence-electron chi connectivity index (χ1n) is 13.1. The first kappa shape index (κ1) is 22.6. The lowest BCUT2D eigenvalue weighted by atomic mass is 9.95. The lowest BCUT2D eigenvalue weighted by Crippen LogP contribution is -2.01. The monoisotopic (exact) mass is 611 g/mol. The minimum Gasteiger partial charge on any atom is -0.456 e. The van der Waals surface area contributed by atoms with E-state index in [2.05, 4.69) is 148 Å². The summed E-state index contributed by atoms with van der Waals surface area (Å²) in [7, 11) is 0. The van der Waals surface area contributed by atoms with E-state index in [-0.39, 0.29) is 0 Å². The first-order valence-corrected chi connectivity index (χ1v) is 14.1. The maximum Gasteiger partial charge on any atom is 0.137 e. The third-order valence-corrected chi connectivity index (χ3v) is 8.26. The highest BCUT2D eigenvalue weighted by Crippen LogP contribution is 2.44. The third kappa shape index (κ3) is 3.53. The minimum absolute atomic E-state index is 0.904. The Kier molecular flexibility index (Phi) is 5.13. The van der Waals surface area contributed by atoms with Gasteiger partial charge in [-0.2, -0.15) is 0 Å². The quantitative estimate of drug-likeness (QED) is 0.182. The molecule has 0 fully saturated rings. The topological polar surface area (TPSA) is 18.1 Å². The molecule has 0 amide bonds. The first-order chi connectivity index (χ1) is 19.3. The summed E-state index contributed by atoms with van der Waals surface area (Å²) in [5.41, 5.74) is 10.1. The van der Waals surface area contributed by atoms with Crippen molar-refractivity contribution in [3.63, 3.8) is 0 Å². The number of para-hydroxylation sites is 2. The van der Waals surface area contributed by atoms with E-state index in [1.807, 2.05) is 12.1 Å². The molecular formula is C36H22INO. The van der Waals surface area contributed by atoms with E-state index in [1.165, 1.54) is 47.8 Å². The van der Waals surface area contributed by atoms with Crippen molar-refractivity contribution < 1.29 is 4.42 Å².